The molecule has 6 nitrogen and oxygen atoms in total. The van der Waals surface area contributed by atoms with E-state index in [1.165, 1.54) is 18.4 Å². The number of phenols is 1. The van der Waals surface area contributed by atoms with Gasteiger partial charge in [0.15, 0.2) is 16.6 Å². The molecule has 3 rings (SSSR count). The number of hydrogen-bond acceptors (Lipinski definition) is 6. The number of carbonyl (C=O) groups is 1. The van der Waals surface area contributed by atoms with Gasteiger partial charge in [-0.2, -0.15) is 0 Å². The maximum atomic E-state index is 11.9. The minimum atomic E-state index is -0.106. The zero-order chi connectivity index (χ0) is 15.0. The van der Waals surface area contributed by atoms with Gasteiger partial charge in [-0.25, -0.2) is 4.98 Å². The molecule has 2 heterocycles. The van der Waals surface area contributed by atoms with Gasteiger partial charge in [0.25, 0.3) is 0 Å². The van der Waals surface area contributed by atoms with Crippen molar-refractivity contribution in [2.45, 2.75) is 12.3 Å². The fraction of sp³-hybridized carbons (Fsp3) is 0.286. The molecule has 1 aliphatic heterocycles. The Labute approximate surface area is 125 Å². The molecule has 0 unspecified atom stereocenters. The van der Waals surface area contributed by atoms with Gasteiger partial charge < -0.3 is 20.5 Å². The third kappa shape index (κ3) is 2.40. The van der Waals surface area contributed by atoms with Crippen LogP contribution >= 0.6 is 11.3 Å². The Bertz CT molecular complexity index is 699. The molecular weight excluding hydrogens is 290 g/mol. The number of hydrogen-bond donors (Lipinski definition) is 3. The van der Waals surface area contributed by atoms with Crippen molar-refractivity contribution in [1.82, 2.24) is 4.98 Å². The van der Waals surface area contributed by atoms with Gasteiger partial charge in [0.05, 0.1) is 12.0 Å². The van der Waals surface area contributed by atoms with Crippen LogP contribution in [-0.4, -0.2) is 30.2 Å². The monoisotopic (exact) mass is 305 g/mol. The summed E-state index contributed by atoms with van der Waals surface area (Å²) in [4.78, 5) is 17.2. The van der Waals surface area contributed by atoms with Crippen molar-refractivity contribution >= 4 is 28.2 Å². The lowest BCUT2D eigenvalue weighted by Gasteiger charge is -2.22. The summed E-state index contributed by atoms with van der Waals surface area (Å²) in [5, 5.41) is 16.5. The predicted molar refractivity (Wildman–Crippen MR) is 81.4 cm³/mol. The van der Waals surface area contributed by atoms with Crippen molar-refractivity contribution in [3.63, 3.8) is 0 Å². The summed E-state index contributed by atoms with van der Waals surface area (Å²) in [7, 11) is 3.30. The zero-order valence-corrected chi connectivity index (χ0v) is 12.5. The highest BCUT2D eigenvalue weighted by molar-refractivity contribution is 7.16. The summed E-state index contributed by atoms with van der Waals surface area (Å²) in [6, 6.07) is 5.21. The molecule has 1 atom stereocenters. The molecule has 0 radical (unpaired) electrons. The molecule has 0 saturated carbocycles. The Morgan fingerprint density at radius 3 is 3.00 bits per heavy atom. The van der Waals surface area contributed by atoms with Crippen LogP contribution in [0.25, 0.3) is 0 Å². The number of thiazole rings is 1. The molecule has 3 N–H and O–H groups in total. The Morgan fingerprint density at radius 1 is 1.52 bits per heavy atom. The number of nitrogens with one attached hydrogen (secondary N) is 2. The third-order valence-electron chi connectivity index (χ3n) is 3.44. The summed E-state index contributed by atoms with van der Waals surface area (Å²) in [5.41, 5.74) is 0.871. The molecule has 21 heavy (non-hydrogen) atoms. The van der Waals surface area contributed by atoms with Crippen LogP contribution in [0, 0.1) is 0 Å². The van der Waals surface area contributed by atoms with Crippen LogP contribution in [0.3, 0.4) is 0 Å². The topological polar surface area (TPSA) is 83.5 Å². The Hall–Kier alpha value is -2.28. The summed E-state index contributed by atoms with van der Waals surface area (Å²) in [5.74, 6) is 0.905. The van der Waals surface area contributed by atoms with E-state index in [0.717, 1.165) is 15.6 Å². The minimum absolute atomic E-state index is 0.0703. The Balaban J connectivity index is 2.04. The highest BCUT2D eigenvalue weighted by atomic mass is 32.1. The maximum Gasteiger partial charge on any atom is 0.226 e. The van der Waals surface area contributed by atoms with E-state index in [4.69, 9.17) is 4.74 Å². The molecule has 0 saturated heterocycles. The first-order valence-electron chi connectivity index (χ1n) is 6.47. The summed E-state index contributed by atoms with van der Waals surface area (Å²) in [6.07, 6.45) is 0.337. The van der Waals surface area contributed by atoms with Gasteiger partial charge in [-0.05, 0) is 17.7 Å². The molecule has 1 aliphatic rings. The maximum absolute atomic E-state index is 11.9. The van der Waals surface area contributed by atoms with Crippen LogP contribution in [0.1, 0.15) is 22.8 Å². The number of aromatic hydroxyl groups is 1. The highest BCUT2D eigenvalue weighted by Gasteiger charge is 2.30. The first kappa shape index (κ1) is 13.7. The molecule has 110 valence electrons. The Morgan fingerprint density at radius 2 is 2.33 bits per heavy atom. The number of anilines is 2. The number of ether oxygens (including phenoxy) is 1. The van der Waals surface area contributed by atoms with Crippen molar-refractivity contribution < 1.29 is 14.6 Å². The van der Waals surface area contributed by atoms with E-state index in [9.17, 15) is 9.90 Å². The van der Waals surface area contributed by atoms with Crippen LogP contribution < -0.4 is 15.4 Å². The number of phenolic OH excluding ortho intramolecular Hbond substituents is 1. The number of benzene rings is 1. The molecule has 0 bridgehead atoms. The van der Waals surface area contributed by atoms with Crippen LogP contribution in [0.15, 0.2) is 18.2 Å². The molecular formula is C14H15N3O3S. The fourth-order valence-corrected chi connectivity index (χ4v) is 3.42. The second-order valence-corrected chi connectivity index (χ2v) is 5.75. The van der Waals surface area contributed by atoms with E-state index in [0.29, 0.717) is 18.0 Å². The van der Waals surface area contributed by atoms with E-state index in [2.05, 4.69) is 15.6 Å². The molecule has 0 aliphatic carbocycles. The van der Waals surface area contributed by atoms with Gasteiger partial charge in [0, 0.05) is 19.4 Å². The largest absolute Gasteiger partial charge is 0.504 e. The van der Waals surface area contributed by atoms with Crippen molar-refractivity contribution in [1.29, 1.82) is 0 Å². The van der Waals surface area contributed by atoms with Gasteiger partial charge in [0.2, 0.25) is 5.91 Å². The van der Waals surface area contributed by atoms with Crippen molar-refractivity contribution in [3.8, 4) is 11.5 Å². The molecule has 7 heteroatoms. The van der Waals surface area contributed by atoms with E-state index in [-0.39, 0.29) is 17.6 Å². The lowest BCUT2D eigenvalue weighted by atomic mass is 9.91. The zero-order valence-electron chi connectivity index (χ0n) is 11.6. The van der Waals surface area contributed by atoms with E-state index < -0.39 is 0 Å². The summed E-state index contributed by atoms with van der Waals surface area (Å²) >= 11 is 1.51. The number of nitrogens with zero attached hydrogens (tertiary/aromatic N) is 1. The number of rotatable bonds is 3. The Kier molecular flexibility index (Phi) is 3.42. The molecule has 1 aromatic carbocycles. The third-order valence-corrected chi connectivity index (χ3v) is 4.62. The lowest BCUT2D eigenvalue weighted by molar-refractivity contribution is -0.116. The van der Waals surface area contributed by atoms with Crippen LogP contribution in [0.5, 0.6) is 11.5 Å². The fourth-order valence-electron chi connectivity index (χ4n) is 2.42. The normalized spacial score (nSPS) is 17.0. The first-order valence-corrected chi connectivity index (χ1v) is 7.29. The van der Waals surface area contributed by atoms with Crippen LogP contribution in [-0.2, 0) is 4.79 Å². The molecule has 1 amide bonds. The lowest BCUT2D eigenvalue weighted by Crippen LogP contribution is -2.22. The molecule has 0 spiro atoms. The average Bonchev–Trinajstić information content (AvgIpc) is 2.89. The number of aromatic nitrogens is 1. The summed E-state index contributed by atoms with van der Waals surface area (Å²) in [6.45, 7) is 0. The molecule has 0 fully saturated rings. The van der Waals surface area contributed by atoms with Gasteiger partial charge in [0.1, 0.15) is 5.82 Å². The number of carbonyl (C=O) groups excluding carboxylic acids is 1. The average molecular weight is 305 g/mol. The van der Waals surface area contributed by atoms with E-state index in [1.807, 2.05) is 6.07 Å². The van der Waals surface area contributed by atoms with Crippen LogP contribution in [0.4, 0.5) is 10.9 Å². The number of fused-ring (bicyclic) bond motifs is 1. The van der Waals surface area contributed by atoms with Gasteiger partial charge in [-0.1, -0.05) is 17.4 Å². The van der Waals surface area contributed by atoms with Gasteiger partial charge in [-0.15, -0.1) is 0 Å². The highest BCUT2D eigenvalue weighted by Crippen LogP contribution is 2.43. The van der Waals surface area contributed by atoms with Gasteiger partial charge >= 0.3 is 0 Å². The smallest absolute Gasteiger partial charge is 0.226 e. The number of methoxy groups -OCH3 is 1. The van der Waals surface area contributed by atoms with E-state index >= 15 is 0 Å². The van der Waals surface area contributed by atoms with Crippen molar-refractivity contribution in [2.75, 3.05) is 24.8 Å². The minimum Gasteiger partial charge on any atom is -0.504 e. The first-order chi connectivity index (χ1) is 10.1. The van der Waals surface area contributed by atoms with Crippen molar-refractivity contribution in [3.05, 3.63) is 28.6 Å². The molecule has 2 aromatic rings. The quantitative estimate of drug-likeness (QED) is 0.811. The summed E-state index contributed by atoms with van der Waals surface area (Å²) < 4.78 is 5.05. The second kappa shape index (κ2) is 5.25. The van der Waals surface area contributed by atoms with Gasteiger partial charge in [-0.3, -0.25) is 4.79 Å². The SMILES string of the molecule is CNc1nc2c(s1)[C@@H](c1ccc(OC)c(O)c1)CC(=O)N2. The van der Waals surface area contributed by atoms with Crippen LogP contribution in [0.2, 0.25) is 0 Å². The predicted octanol–water partition coefficient (Wildman–Crippen LogP) is 2.37. The molecule has 1 aromatic heterocycles. The second-order valence-electron chi connectivity index (χ2n) is 4.72. The standard InChI is InChI=1S/C14H15N3O3S/c1-15-14-17-13-12(21-14)8(6-11(19)16-13)7-3-4-10(20-2)9(18)5-7/h3-5,8,18H,6H2,1-2H3,(H,15,17)(H,16,19)/t8-/m1/s1. The number of amides is 1. The van der Waals surface area contributed by atoms with E-state index in [1.54, 1.807) is 19.2 Å². The van der Waals surface area contributed by atoms with Crippen molar-refractivity contribution in [2.24, 2.45) is 0 Å².